The molecular formula is C26H35FN5O8P. The highest BCUT2D eigenvalue weighted by atomic mass is 31.2. The van der Waals surface area contributed by atoms with Gasteiger partial charge in [-0.2, -0.15) is 4.98 Å². The van der Waals surface area contributed by atoms with E-state index >= 15 is 0 Å². The number of nitrogens with two attached hydrogens (primary N) is 2. The zero-order chi connectivity index (χ0) is 30.1. The number of aliphatic hydroxyl groups is 1. The first kappa shape index (κ1) is 30.7. The third-order valence-electron chi connectivity index (χ3n) is 6.72. The van der Waals surface area contributed by atoms with E-state index in [1.807, 2.05) is 0 Å². The Balaban J connectivity index is 1.63. The van der Waals surface area contributed by atoms with E-state index in [1.165, 1.54) is 30.7 Å². The third-order valence-corrected chi connectivity index (χ3v) is 8.86. The number of H-pyrrole nitrogens is 1. The third kappa shape index (κ3) is 6.31. The maximum Gasteiger partial charge on any atom is 0.380 e. The molecule has 0 aliphatic carbocycles. The molecule has 0 spiro atoms. The van der Waals surface area contributed by atoms with Crippen LogP contribution in [0.4, 0.5) is 10.3 Å². The first-order valence-electron chi connectivity index (χ1n) is 13.0. The molecule has 13 nitrogen and oxygen atoms in total. The van der Waals surface area contributed by atoms with Crippen LogP contribution in [0.2, 0.25) is 0 Å². The molecule has 3 aromatic rings. The highest BCUT2D eigenvalue weighted by Gasteiger charge is 2.57. The molecule has 41 heavy (non-hydrogen) atoms. The van der Waals surface area contributed by atoms with Crippen LogP contribution in [0.15, 0.2) is 47.4 Å². The van der Waals surface area contributed by atoms with E-state index in [9.17, 15) is 23.7 Å². The number of aliphatic hydroxyl groups excluding tert-OH is 1. The average molecular weight is 596 g/mol. The number of alkyl halides is 1. The fourth-order valence-corrected chi connectivity index (χ4v) is 6.80. The number of nitrogens with zero attached hydrogens (tertiary/aromatic N) is 2. The minimum Gasteiger partial charge on any atom is -0.463 e. The lowest BCUT2D eigenvalue weighted by atomic mass is 9.91. The molecule has 7 atom stereocenters. The van der Waals surface area contributed by atoms with Crippen molar-refractivity contribution in [1.82, 2.24) is 14.5 Å². The Labute approximate surface area is 235 Å². The number of hydrogen-bond donors (Lipinski definition) is 4. The van der Waals surface area contributed by atoms with Crippen LogP contribution in [0.5, 0.6) is 5.75 Å². The summed E-state index contributed by atoms with van der Waals surface area (Å²) in [5.74, 6) is -1.42. The van der Waals surface area contributed by atoms with Crippen LogP contribution in [0.3, 0.4) is 0 Å². The highest BCUT2D eigenvalue weighted by molar-refractivity contribution is 7.54. The van der Waals surface area contributed by atoms with Crippen molar-refractivity contribution in [2.45, 2.75) is 63.9 Å². The summed E-state index contributed by atoms with van der Waals surface area (Å²) < 4.78 is 52.9. The number of carbonyl (C=O) groups excluding carboxylic acids is 1. The van der Waals surface area contributed by atoms with Crippen LogP contribution in [-0.2, 0) is 23.4 Å². The smallest absolute Gasteiger partial charge is 0.380 e. The summed E-state index contributed by atoms with van der Waals surface area (Å²) in [6, 6.07) is 9.66. The van der Waals surface area contributed by atoms with Gasteiger partial charge in [-0.3, -0.25) is 19.1 Å². The van der Waals surface area contributed by atoms with E-state index in [2.05, 4.69) is 9.97 Å². The zero-order valence-electron chi connectivity index (χ0n) is 23.1. The Bertz CT molecular complexity index is 1480. The molecule has 1 aliphatic heterocycles. The number of nitrogen functional groups attached to an aromatic ring is 1. The molecule has 4 rings (SSSR count). The van der Waals surface area contributed by atoms with Crippen molar-refractivity contribution >= 4 is 30.5 Å². The number of anilines is 1. The van der Waals surface area contributed by atoms with Crippen LogP contribution in [0.25, 0.3) is 11.0 Å². The van der Waals surface area contributed by atoms with Crippen molar-refractivity contribution in [2.24, 2.45) is 11.7 Å². The Kier molecular flexibility index (Phi) is 8.90. The number of para-hydroxylation sites is 1. The summed E-state index contributed by atoms with van der Waals surface area (Å²) >= 11 is 0. The predicted octanol–water partition coefficient (Wildman–Crippen LogP) is 2.50. The Hall–Kier alpha value is -3.29. The summed E-state index contributed by atoms with van der Waals surface area (Å²) in [6.07, 6.45) is -4.80. The summed E-state index contributed by atoms with van der Waals surface area (Å²) in [6.45, 7) is 5.15. The summed E-state index contributed by atoms with van der Waals surface area (Å²) in [5.41, 5.74) is 9.59. The van der Waals surface area contributed by atoms with E-state index in [0.717, 1.165) is 0 Å². The number of ether oxygens (including phenoxy) is 2. The molecule has 6 N–H and O–H groups in total. The minimum absolute atomic E-state index is 0.0662. The molecule has 1 aromatic carbocycles. The van der Waals surface area contributed by atoms with Gasteiger partial charge < -0.3 is 35.1 Å². The molecule has 2 aromatic heterocycles. The van der Waals surface area contributed by atoms with E-state index < -0.39 is 61.8 Å². The molecule has 2 unspecified atom stereocenters. The van der Waals surface area contributed by atoms with Crippen molar-refractivity contribution in [3.63, 3.8) is 0 Å². The summed E-state index contributed by atoms with van der Waals surface area (Å²) in [4.78, 5) is 31.3. The van der Waals surface area contributed by atoms with Gasteiger partial charge in [0.15, 0.2) is 11.9 Å². The second kappa shape index (κ2) is 11.9. The molecule has 0 bridgehead atoms. The SMILES string of the molecule is CC(C)OC(=O)[C@H](C)CP(=O)(Oc1ccccc1)O[C@@H](C)[C@H]1O[C@@H](n2ccc3c(=O)[nH]c(N)nc32)C(N)(CF)[C@H]1O. The second-order valence-corrected chi connectivity index (χ2v) is 12.4. The quantitative estimate of drug-likeness (QED) is 0.188. The van der Waals surface area contributed by atoms with Crippen molar-refractivity contribution in [3.05, 3.63) is 52.9 Å². The molecular weight excluding hydrogens is 560 g/mol. The molecule has 1 fully saturated rings. The van der Waals surface area contributed by atoms with Gasteiger partial charge in [0.1, 0.15) is 30.2 Å². The van der Waals surface area contributed by atoms with Gasteiger partial charge >= 0.3 is 13.6 Å². The predicted molar refractivity (Wildman–Crippen MR) is 148 cm³/mol. The van der Waals surface area contributed by atoms with E-state index in [4.69, 9.17) is 30.0 Å². The standard InChI is InChI=1S/C26H35FN5O8P/c1-14(2)37-23(35)15(3)12-41(36,40-17-8-6-5-7-9-17)39-16(4)19-20(33)26(29,13-27)24(38-19)32-11-10-18-21(32)30-25(28)31-22(18)34/h5-11,14-16,19-20,24,33H,12-13,29H2,1-4H3,(H3,28,30,31,34)/t15-,16+,19-,20+,24-,26?,41?/m1/s1. The van der Waals surface area contributed by atoms with Crippen molar-refractivity contribution in [2.75, 3.05) is 18.6 Å². The van der Waals surface area contributed by atoms with Crippen LogP contribution < -0.4 is 21.6 Å². The molecule has 1 aliphatic rings. The van der Waals surface area contributed by atoms with Crippen LogP contribution in [0.1, 0.15) is 33.9 Å². The van der Waals surface area contributed by atoms with E-state index in [0.29, 0.717) is 0 Å². The van der Waals surface area contributed by atoms with E-state index in [1.54, 1.807) is 44.2 Å². The largest absolute Gasteiger partial charge is 0.463 e. The number of nitrogens with one attached hydrogen (secondary N) is 1. The lowest BCUT2D eigenvalue weighted by Crippen LogP contribution is -2.57. The Morgan fingerprint density at radius 3 is 2.59 bits per heavy atom. The minimum atomic E-state index is -4.12. The number of fused-ring (bicyclic) bond motifs is 1. The normalized spacial score (nSPS) is 25.6. The lowest BCUT2D eigenvalue weighted by molar-refractivity contribution is -0.151. The van der Waals surface area contributed by atoms with Gasteiger partial charge in [0, 0.05) is 6.20 Å². The van der Waals surface area contributed by atoms with Gasteiger partial charge in [-0.05, 0) is 39.0 Å². The molecule has 0 amide bonds. The number of aromatic nitrogens is 3. The lowest BCUT2D eigenvalue weighted by Gasteiger charge is -2.31. The number of carbonyl (C=O) groups is 1. The van der Waals surface area contributed by atoms with Crippen molar-refractivity contribution in [3.8, 4) is 5.75 Å². The average Bonchev–Trinajstić information content (AvgIpc) is 3.42. The van der Waals surface area contributed by atoms with Crippen molar-refractivity contribution < 1.29 is 37.4 Å². The molecule has 3 heterocycles. The van der Waals surface area contributed by atoms with Crippen LogP contribution >= 0.6 is 7.60 Å². The first-order chi connectivity index (χ1) is 19.3. The molecule has 224 valence electrons. The number of rotatable bonds is 11. The summed E-state index contributed by atoms with van der Waals surface area (Å²) in [7, 11) is -4.12. The second-order valence-electron chi connectivity index (χ2n) is 10.5. The first-order valence-corrected chi connectivity index (χ1v) is 14.8. The zero-order valence-corrected chi connectivity index (χ0v) is 24.0. The van der Waals surface area contributed by atoms with Gasteiger partial charge in [0.05, 0.1) is 29.7 Å². The maximum absolute atomic E-state index is 14.5. The molecule has 1 saturated heterocycles. The summed E-state index contributed by atoms with van der Waals surface area (Å²) in [5, 5.41) is 11.3. The molecule has 0 radical (unpaired) electrons. The van der Waals surface area contributed by atoms with Crippen LogP contribution in [-0.4, -0.2) is 68.4 Å². The van der Waals surface area contributed by atoms with E-state index in [-0.39, 0.29) is 35.0 Å². The maximum atomic E-state index is 14.5. The van der Waals surface area contributed by atoms with Crippen molar-refractivity contribution in [1.29, 1.82) is 0 Å². The topological polar surface area (TPSA) is 194 Å². The number of benzene rings is 1. The van der Waals surface area contributed by atoms with Gasteiger partial charge in [-0.1, -0.05) is 25.1 Å². The number of halogens is 1. The van der Waals surface area contributed by atoms with Gasteiger partial charge in [0.25, 0.3) is 5.56 Å². The van der Waals surface area contributed by atoms with Gasteiger partial charge in [0.2, 0.25) is 5.95 Å². The monoisotopic (exact) mass is 595 g/mol. The number of hydrogen-bond acceptors (Lipinski definition) is 11. The highest BCUT2D eigenvalue weighted by Crippen LogP contribution is 2.53. The number of esters is 1. The Morgan fingerprint density at radius 2 is 1.95 bits per heavy atom. The number of aromatic amines is 1. The Morgan fingerprint density at radius 1 is 1.27 bits per heavy atom. The van der Waals surface area contributed by atoms with Gasteiger partial charge in [-0.15, -0.1) is 0 Å². The fourth-order valence-electron chi connectivity index (χ4n) is 4.70. The van der Waals surface area contributed by atoms with Crippen LogP contribution in [0, 0.1) is 5.92 Å². The molecule has 0 saturated carbocycles. The fraction of sp³-hybridized carbons (Fsp3) is 0.500. The van der Waals surface area contributed by atoms with Gasteiger partial charge in [-0.25, -0.2) is 8.96 Å². The molecule has 15 heteroatoms.